The predicted molar refractivity (Wildman–Crippen MR) is 86.4 cm³/mol. The van der Waals surface area contributed by atoms with Crippen molar-refractivity contribution in [2.75, 3.05) is 0 Å². The Labute approximate surface area is 133 Å². The van der Waals surface area contributed by atoms with Crippen molar-refractivity contribution >= 4 is 11.6 Å². The lowest BCUT2D eigenvalue weighted by Gasteiger charge is -2.14. The second kappa shape index (κ2) is 6.38. The molecule has 0 saturated heterocycles. The fraction of sp³-hybridized carbons (Fsp3) is 0.0556. The number of halogens is 1. The average molecular weight is 306 g/mol. The summed E-state index contributed by atoms with van der Waals surface area (Å²) in [5.74, 6) is -0.440. The van der Waals surface area contributed by atoms with Gasteiger partial charge in [-0.1, -0.05) is 72.3 Å². The molecule has 1 aromatic heterocycles. The highest BCUT2D eigenvalue weighted by atomic mass is 35.5. The van der Waals surface area contributed by atoms with E-state index in [9.17, 15) is 5.26 Å². The van der Waals surface area contributed by atoms with Crippen molar-refractivity contribution in [1.82, 2.24) is 10.2 Å². The summed E-state index contributed by atoms with van der Waals surface area (Å²) in [5.41, 5.74) is 3.27. The van der Waals surface area contributed by atoms with Crippen LogP contribution in [0, 0.1) is 11.3 Å². The fourth-order valence-electron chi connectivity index (χ4n) is 2.39. The third-order valence-corrected chi connectivity index (χ3v) is 3.60. The molecule has 3 nitrogen and oxygen atoms in total. The molecule has 0 saturated carbocycles. The van der Waals surface area contributed by atoms with E-state index in [1.165, 1.54) is 0 Å². The molecule has 3 rings (SSSR count). The highest BCUT2D eigenvalue weighted by molar-refractivity contribution is 6.29. The molecule has 1 heterocycles. The summed E-state index contributed by atoms with van der Waals surface area (Å²) in [4.78, 5) is 0. The van der Waals surface area contributed by atoms with Gasteiger partial charge >= 0.3 is 0 Å². The van der Waals surface area contributed by atoms with Crippen molar-refractivity contribution in [3.63, 3.8) is 0 Å². The zero-order chi connectivity index (χ0) is 15.4. The molecule has 0 radical (unpaired) electrons. The molecule has 0 aliphatic rings. The quantitative estimate of drug-likeness (QED) is 0.718. The lowest BCUT2D eigenvalue weighted by molar-refractivity contribution is 0.962. The molecule has 106 valence electrons. The van der Waals surface area contributed by atoms with Gasteiger partial charge in [-0.15, -0.1) is 10.2 Å². The number of aromatic nitrogens is 2. The smallest absolute Gasteiger partial charge is 0.152 e. The van der Waals surface area contributed by atoms with E-state index < -0.39 is 5.92 Å². The normalized spacial score (nSPS) is 11.6. The van der Waals surface area contributed by atoms with E-state index in [0.29, 0.717) is 5.69 Å². The van der Waals surface area contributed by atoms with Crippen LogP contribution in [0.25, 0.3) is 11.3 Å². The summed E-state index contributed by atoms with van der Waals surface area (Å²) < 4.78 is 0. The second-order valence-corrected chi connectivity index (χ2v) is 5.20. The fourth-order valence-corrected chi connectivity index (χ4v) is 2.55. The van der Waals surface area contributed by atoms with Gasteiger partial charge in [0.1, 0.15) is 0 Å². The van der Waals surface area contributed by atoms with Gasteiger partial charge in [-0.25, -0.2) is 0 Å². The Morgan fingerprint density at radius 2 is 1.55 bits per heavy atom. The third-order valence-electron chi connectivity index (χ3n) is 3.41. The minimum Gasteiger partial charge on any atom is -0.197 e. The van der Waals surface area contributed by atoms with Crippen LogP contribution in [0.1, 0.15) is 17.0 Å². The Bertz CT molecular complexity index is 811. The van der Waals surface area contributed by atoms with Gasteiger partial charge in [0.2, 0.25) is 0 Å². The summed E-state index contributed by atoms with van der Waals surface area (Å²) in [7, 11) is 0. The molecular formula is C18H12ClN3. The van der Waals surface area contributed by atoms with Crippen LogP contribution in [0.4, 0.5) is 0 Å². The Kier molecular flexibility index (Phi) is 4.13. The van der Waals surface area contributed by atoms with Gasteiger partial charge in [-0.3, -0.25) is 0 Å². The van der Waals surface area contributed by atoms with Crippen molar-refractivity contribution in [2.24, 2.45) is 0 Å². The van der Waals surface area contributed by atoms with Crippen molar-refractivity contribution in [1.29, 1.82) is 5.26 Å². The van der Waals surface area contributed by atoms with E-state index in [-0.39, 0.29) is 5.15 Å². The van der Waals surface area contributed by atoms with E-state index >= 15 is 0 Å². The first-order valence-corrected chi connectivity index (χ1v) is 7.20. The van der Waals surface area contributed by atoms with Gasteiger partial charge in [0.05, 0.1) is 17.7 Å². The zero-order valence-electron chi connectivity index (χ0n) is 11.6. The van der Waals surface area contributed by atoms with Crippen LogP contribution < -0.4 is 0 Å². The monoisotopic (exact) mass is 305 g/mol. The van der Waals surface area contributed by atoms with Crippen LogP contribution in [0.15, 0.2) is 66.7 Å². The number of hydrogen-bond donors (Lipinski definition) is 0. The molecule has 4 heteroatoms. The highest BCUT2D eigenvalue weighted by Gasteiger charge is 2.20. The molecular weight excluding hydrogens is 294 g/mol. The molecule has 0 aliphatic heterocycles. The molecule has 0 fully saturated rings. The third kappa shape index (κ3) is 2.83. The lowest BCUT2D eigenvalue weighted by Crippen LogP contribution is -2.04. The minimum atomic E-state index is -0.440. The molecule has 0 N–H and O–H groups in total. The van der Waals surface area contributed by atoms with Gasteiger partial charge in [0.15, 0.2) is 5.15 Å². The van der Waals surface area contributed by atoms with Crippen molar-refractivity contribution in [2.45, 2.75) is 5.92 Å². The van der Waals surface area contributed by atoms with Crippen LogP contribution in [-0.2, 0) is 0 Å². The first kappa shape index (κ1) is 14.2. The maximum atomic E-state index is 9.65. The molecule has 22 heavy (non-hydrogen) atoms. The van der Waals surface area contributed by atoms with E-state index in [4.69, 9.17) is 11.6 Å². The minimum absolute atomic E-state index is 0.283. The lowest BCUT2D eigenvalue weighted by atomic mass is 9.90. The Morgan fingerprint density at radius 3 is 2.18 bits per heavy atom. The van der Waals surface area contributed by atoms with E-state index in [2.05, 4.69) is 16.3 Å². The SMILES string of the molecule is N#CC(c1ccccc1)c1cc(Cl)nnc1-c1ccccc1. The topological polar surface area (TPSA) is 49.6 Å². The van der Waals surface area contributed by atoms with Crippen LogP contribution in [0.3, 0.4) is 0 Å². The van der Waals surface area contributed by atoms with E-state index in [0.717, 1.165) is 16.7 Å². The summed E-state index contributed by atoms with van der Waals surface area (Å²) in [6.07, 6.45) is 0. The van der Waals surface area contributed by atoms with Crippen molar-refractivity contribution in [3.8, 4) is 17.3 Å². The standard InChI is InChI=1S/C18H12ClN3/c19-17-11-15(16(12-20)13-7-3-1-4-8-13)18(22-21-17)14-9-5-2-6-10-14/h1-11,16H. The number of rotatable bonds is 3. The highest BCUT2D eigenvalue weighted by Crippen LogP contribution is 2.32. The maximum Gasteiger partial charge on any atom is 0.152 e. The molecule has 1 unspecified atom stereocenters. The number of hydrogen-bond acceptors (Lipinski definition) is 3. The van der Waals surface area contributed by atoms with Crippen molar-refractivity contribution in [3.05, 3.63) is 83.0 Å². The van der Waals surface area contributed by atoms with Gasteiger partial charge in [-0.2, -0.15) is 5.26 Å². The largest absolute Gasteiger partial charge is 0.197 e. The summed E-state index contributed by atoms with van der Waals surface area (Å²) in [5, 5.41) is 18.1. The zero-order valence-corrected chi connectivity index (χ0v) is 12.4. The second-order valence-electron chi connectivity index (χ2n) is 4.81. The van der Waals surface area contributed by atoms with E-state index in [1.807, 2.05) is 60.7 Å². The van der Waals surface area contributed by atoms with Crippen molar-refractivity contribution < 1.29 is 0 Å². The molecule has 2 aromatic carbocycles. The molecule has 0 spiro atoms. The van der Waals surface area contributed by atoms with E-state index in [1.54, 1.807) is 6.07 Å². The van der Waals surface area contributed by atoms with Crippen LogP contribution in [0.5, 0.6) is 0 Å². The molecule has 3 aromatic rings. The average Bonchev–Trinajstić information content (AvgIpc) is 2.57. The Hall–Kier alpha value is -2.70. The van der Waals surface area contributed by atoms with Gasteiger partial charge < -0.3 is 0 Å². The first-order chi connectivity index (χ1) is 10.8. The van der Waals surface area contributed by atoms with Crippen LogP contribution in [0.2, 0.25) is 5.15 Å². The predicted octanol–water partition coefficient (Wildman–Crippen LogP) is 4.45. The summed E-state index contributed by atoms with van der Waals surface area (Å²) in [6.45, 7) is 0. The molecule has 1 atom stereocenters. The maximum absolute atomic E-state index is 9.65. The first-order valence-electron chi connectivity index (χ1n) is 6.82. The van der Waals surface area contributed by atoms with Crippen LogP contribution >= 0.6 is 11.6 Å². The Morgan fingerprint density at radius 1 is 0.909 bits per heavy atom. The summed E-state index contributed by atoms with van der Waals surface area (Å²) >= 11 is 6.01. The van der Waals surface area contributed by atoms with Crippen LogP contribution in [-0.4, -0.2) is 10.2 Å². The Balaban J connectivity index is 2.17. The van der Waals surface area contributed by atoms with Gasteiger partial charge in [-0.05, 0) is 11.6 Å². The number of nitriles is 1. The molecule has 0 aliphatic carbocycles. The number of benzene rings is 2. The molecule has 0 bridgehead atoms. The van der Waals surface area contributed by atoms with Gasteiger partial charge in [0, 0.05) is 11.1 Å². The summed E-state index contributed by atoms with van der Waals surface area (Å²) in [6, 6.07) is 23.4. The van der Waals surface area contributed by atoms with Gasteiger partial charge in [0.25, 0.3) is 0 Å². The molecule has 0 amide bonds. The number of nitrogens with zero attached hydrogens (tertiary/aromatic N) is 3.